The Morgan fingerprint density at radius 1 is 0.931 bits per heavy atom. The van der Waals surface area contributed by atoms with Crippen molar-refractivity contribution in [2.45, 2.75) is 6.92 Å². The number of carbonyl (C=O) groups is 2. The van der Waals surface area contributed by atoms with Gasteiger partial charge in [0.15, 0.2) is 0 Å². The highest BCUT2D eigenvalue weighted by molar-refractivity contribution is 5.96. The van der Waals surface area contributed by atoms with E-state index >= 15 is 0 Å². The summed E-state index contributed by atoms with van der Waals surface area (Å²) in [6.45, 7) is 2.72. The molecule has 0 aliphatic rings. The van der Waals surface area contributed by atoms with Crippen LogP contribution in [0.25, 0.3) is 22.9 Å². The highest BCUT2D eigenvalue weighted by atomic mass is 16.5. The molecule has 150 valence electrons. The van der Waals surface area contributed by atoms with E-state index in [9.17, 15) is 9.59 Å². The van der Waals surface area contributed by atoms with Gasteiger partial charge in [-0.05, 0) is 43.3 Å². The molecule has 0 aliphatic carbocycles. The van der Waals surface area contributed by atoms with Gasteiger partial charge >= 0.3 is 0 Å². The summed E-state index contributed by atoms with van der Waals surface area (Å²) < 4.78 is 10.6. The molecule has 0 aliphatic heterocycles. The van der Waals surface area contributed by atoms with E-state index in [1.807, 2.05) is 31.2 Å². The second-order valence-electron chi connectivity index (χ2n) is 6.38. The smallest absolute Gasteiger partial charge is 0.251 e. The largest absolute Gasteiger partial charge is 0.416 e. The normalized spacial score (nSPS) is 10.6. The first-order valence-electron chi connectivity index (χ1n) is 9.11. The number of rotatable bonds is 8. The molecule has 1 aromatic heterocycles. The summed E-state index contributed by atoms with van der Waals surface area (Å²) in [5.74, 6) is 0.178. The first kappa shape index (κ1) is 20.2. The summed E-state index contributed by atoms with van der Waals surface area (Å²) in [4.78, 5) is 23.8. The predicted molar refractivity (Wildman–Crippen MR) is 107 cm³/mol. The van der Waals surface area contributed by atoms with Gasteiger partial charge in [0.1, 0.15) is 0 Å². The molecule has 8 heteroatoms. The van der Waals surface area contributed by atoms with Gasteiger partial charge in [-0.1, -0.05) is 17.7 Å². The van der Waals surface area contributed by atoms with Crippen LogP contribution in [0.2, 0.25) is 0 Å². The lowest BCUT2D eigenvalue weighted by Gasteiger charge is -2.06. The molecule has 2 aromatic carbocycles. The monoisotopic (exact) mass is 394 g/mol. The molecule has 0 fully saturated rings. The lowest BCUT2D eigenvalue weighted by molar-refractivity contribution is -0.120. The number of benzene rings is 2. The van der Waals surface area contributed by atoms with Gasteiger partial charge in [-0.25, -0.2) is 0 Å². The minimum atomic E-state index is -0.343. The maximum atomic E-state index is 12.2. The van der Waals surface area contributed by atoms with Crippen LogP contribution in [0, 0.1) is 6.92 Å². The number of carbonyl (C=O) groups excluding carboxylic acids is 2. The van der Waals surface area contributed by atoms with Crippen molar-refractivity contribution in [1.29, 1.82) is 0 Å². The number of nitrogens with zero attached hydrogens (tertiary/aromatic N) is 2. The van der Waals surface area contributed by atoms with Crippen LogP contribution in [0.15, 0.2) is 52.9 Å². The van der Waals surface area contributed by atoms with Crippen LogP contribution in [0.1, 0.15) is 15.9 Å². The molecule has 3 aromatic rings. The SMILES string of the molecule is COCCNC(=O)CNC(=O)c1ccc(-c2nnc(-c3ccc(C)cc3)o2)cc1. The zero-order chi connectivity index (χ0) is 20.6. The lowest BCUT2D eigenvalue weighted by Crippen LogP contribution is -2.38. The second-order valence-corrected chi connectivity index (χ2v) is 6.38. The van der Waals surface area contributed by atoms with Crippen molar-refractivity contribution in [2.75, 3.05) is 26.8 Å². The second kappa shape index (κ2) is 9.61. The quantitative estimate of drug-likeness (QED) is 0.568. The van der Waals surface area contributed by atoms with Crippen LogP contribution in [0.3, 0.4) is 0 Å². The predicted octanol–water partition coefficient (Wildman–Crippen LogP) is 2.20. The van der Waals surface area contributed by atoms with Gasteiger partial charge in [-0.2, -0.15) is 0 Å². The van der Waals surface area contributed by atoms with Crippen molar-refractivity contribution in [3.8, 4) is 22.9 Å². The number of methoxy groups -OCH3 is 1. The Kier molecular flexibility index (Phi) is 6.70. The van der Waals surface area contributed by atoms with Crippen LogP contribution in [0.5, 0.6) is 0 Å². The van der Waals surface area contributed by atoms with Gasteiger partial charge in [0.05, 0.1) is 13.2 Å². The van der Waals surface area contributed by atoms with E-state index in [0.29, 0.717) is 36.1 Å². The maximum absolute atomic E-state index is 12.2. The molecule has 3 rings (SSSR count). The van der Waals surface area contributed by atoms with Crippen LogP contribution in [0.4, 0.5) is 0 Å². The summed E-state index contributed by atoms with van der Waals surface area (Å²) in [6.07, 6.45) is 0. The van der Waals surface area contributed by atoms with Gasteiger partial charge in [0.2, 0.25) is 17.7 Å². The van der Waals surface area contributed by atoms with Crippen molar-refractivity contribution in [2.24, 2.45) is 0 Å². The van der Waals surface area contributed by atoms with Crippen LogP contribution < -0.4 is 10.6 Å². The van der Waals surface area contributed by atoms with E-state index in [-0.39, 0.29) is 18.4 Å². The van der Waals surface area contributed by atoms with Crippen molar-refractivity contribution in [1.82, 2.24) is 20.8 Å². The van der Waals surface area contributed by atoms with E-state index in [4.69, 9.17) is 9.15 Å². The third kappa shape index (κ3) is 5.49. The molecule has 8 nitrogen and oxygen atoms in total. The van der Waals surface area contributed by atoms with Crippen molar-refractivity contribution in [3.63, 3.8) is 0 Å². The minimum absolute atomic E-state index is 0.103. The molecule has 0 unspecified atom stereocenters. The average molecular weight is 394 g/mol. The van der Waals surface area contributed by atoms with E-state index in [0.717, 1.165) is 11.1 Å². The molecule has 2 amide bonds. The number of amides is 2. The first-order valence-corrected chi connectivity index (χ1v) is 9.11. The lowest BCUT2D eigenvalue weighted by atomic mass is 10.1. The summed E-state index contributed by atoms with van der Waals surface area (Å²) >= 11 is 0. The van der Waals surface area contributed by atoms with Crippen LogP contribution in [-0.2, 0) is 9.53 Å². The molecule has 0 radical (unpaired) electrons. The Morgan fingerprint density at radius 2 is 1.52 bits per heavy atom. The number of hydrogen-bond acceptors (Lipinski definition) is 6. The molecule has 0 saturated heterocycles. The van der Waals surface area contributed by atoms with Gasteiger partial charge in [0, 0.05) is 30.3 Å². The zero-order valence-corrected chi connectivity index (χ0v) is 16.3. The molecule has 0 saturated carbocycles. The topological polar surface area (TPSA) is 106 Å². The molecular formula is C21H22N4O4. The Bertz CT molecular complexity index is 965. The number of aryl methyl sites for hydroxylation is 1. The molecule has 0 atom stereocenters. The number of hydrogen-bond donors (Lipinski definition) is 2. The fraction of sp³-hybridized carbons (Fsp3) is 0.238. The highest BCUT2D eigenvalue weighted by Crippen LogP contribution is 2.24. The maximum Gasteiger partial charge on any atom is 0.251 e. The van der Waals surface area contributed by atoms with Gasteiger partial charge in [0.25, 0.3) is 5.91 Å². The standard InChI is InChI=1S/C21H22N4O4/c1-14-3-5-16(6-4-14)20-24-25-21(29-20)17-9-7-15(8-10-17)19(27)23-13-18(26)22-11-12-28-2/h3-10H,11-13H2,1-2H3,(H,22,26)(H,23,27). The fourth-order valence-corrected chi connectivity index (χ4v) is 2.53. The van der Waals surface area contributed by atoms with Gasteiger partial charge in [-0.3, -0.25) is 9.59 Å². The Morgan fingerprint density at radius 3 is 2.10 bits per heavy atom. The third-order valence-corrected chi connectivity index (χ3v) is 4.16. The average Bonchev–Trinajstić information content (AvgIpc) is 3.23. The zero-order valence-electron chi connectivity index (χ0n) is 16.3. The number of nitrogens with one attached hydrogen (secondary N) is 2. The Labute approximate surface area is 168 Å². The number of ether oxygens (including phenoxy) is 1. The van der Waals surface area contributed by atoms with Crippen molar-refractivity contribution >= 4 is 11.8 Å². The number of aromatic nitrogens is 2. The van der Waals surface area contributed by atoms with Gasteiger partial charge < -0.3 is 19.8 Å². The summed E-state index contributed by atoms with van der Waals surface area (Å²) in [6, 6.07) is 14.5. The van der Waals surface area contributed by atoms with Crippen LogP contribution in [-0.4, -0.2) is 48.8 Å². The Balaban J connectivity index is 1.59. The third-order valence-electron chi connectivity index (χ3n) is 4.16. The van der Waals surface area contributed by atoms with E-state index in [2.05, 4.69) is 20.8 Å². The fourth-order valence-electron chi connectivity index (χ4n) is 2.53. The van der Waals surface area contributed by atoms with Crippen LogP contribution >= 0.6 is 0 Å². The summed E-state index contributed by atoms with van der Waals surface area (Å²) in [5, 5.41) is 13.4. The van der Waals surface area contributed by atoms with E-state index in [1.54, 1.807) is 31.4 Å². The van der Waals surface area contributed by atoms with E-state index < -0.39 is 0 Å². The Hall–Kier alpha value is -3.52. The minimum Gasteiger partial charge on any atom is -0.416 e. The molecule has 2 N–H and O–H groups in total. The summed E-state index contributed by atoms with van der Waals surface area (Å²) in [7, 11) is 1.55. The molecule has 0 bridgehead atoms. The summed E-state index contributed by atoms with van der Waals surface area (Å²) in [5.41, 5.74) is 3.12. The van der Waals surface area contributed by atoms with Crippen molar-refractivity contribution in [3.05, 3.63) is 59.7 Å². The van der Waals surface area contributed by atoms with Gasteiger partial charge in [-0.15, -0.1) is 10.2 Å². The molecular weight excluding hydrogens is 372 g/mol. The first-order chi connectivity index (χ1) is 14.1. The molecule has 0 spiro atoms. The molecule has 1 heterocycles. The molecule has 29 heavy (non-hydrogen) atoms. The van der Waals surface area contributed by atoms with E-state index in [1.165, 1.54) is 0 Å². The van der Waals surface area contributed by atoms with Crippen molar-refractivity contribution < 1.29 is 18.7 Å². The highest BCUT2D eigenvalue weighted by Gasteiger charge is 2.12.